The van der Waals surface area contributed by atoms with Crippen molar-refractivity contribution in [1.29, 1.82) is 0 Å². The number of para-hydroxylation sites is 1. The second-order valence-electron chi connectivity index (χ2n) is 8.39. The predicted octanol–water partition coefficient (Wildman–Crippen LogP) is 5.47. The van der Waals surface area contributed by atoms with Crippen molar-refractivity contribution in [2.75, 3.05) is 18.3 Å². The van der Waals surface area contributed by atoms with Gasteiger partial charge in [-0.1, -0.05) is 67.8 Å². The number of ether oxygens (including phenoxy) is 2. The van der Waals surface area contributed by atoms with Crippen molar-refractivity contribution in [3.8, 4) is 0 Å². The molecule has 0 bridgehead atoms. The van der Waals surface area contributed by atoms with Gasteiger partial charge in [0.2, 0.25) is 0 Å². The van der Waals surface area contributed by atoms with Gasteiger partial charge in [-0.05, 0) is 43.4 Å². The van der Waals surface area contributed by atoms with Gasteiger partial charge in [0.1, 0.15) is 6.29 Å². The molecule has 5 nitrogen and oxygen atoms in total. The fraction of sp³-hybridized carbons (Fsp3) is 0.500. The number of aldehydes is 1. The Morgan fingerprint density at radius 1 is 0.839 bits per heavy atom. The Morgan fingerprint density at radius 2 is 1.48 bits per heavy atom. The molecule has 0 amide bonds. The lowest BCUT2D eigenvalue weighted by Gasteiger charge is -2.26. The van der Waals surface area contributed by atoms with Gasteiger partial charge >= 0.3 is 0 Å². The summed E-state index contributed by atoms with van der Waals surface area (Å²) < 4.78 is 11.2. The van der Waals surface area contributed by atoms with E-state index in [9.17, 15) is 4.79 Å². The van der Waals surface area contributed by atoms with Crippen LogP contribution in [0.3, 0.4) is 0 Å². The summed E-state index contributed by atoms with van der Waals surface area (Å²) in [6, 6.07) is 20.2. The van der Waals surface area contributed by atoms with Gasteiger partial charge in [0.15, 0.2) is 6.29 Å². The summed E-state index contributed by atoms with van der Waals surface area (Å²) in [5.74, 6) is -0.188. The predicted molar refractivity (Wildman–Crippen MR) is 121 cm³/mol. The third kappa shape index (κ3) is 5.73. The van der Waals surface area contributed by atoms with Crippen LogP contribution < -0.4 is 5.06 Å². The first-order valence-corrected chi connectivity index (χ1v) is 11.6. The summed E-state index contributed by atoms with van der Waals surface area (Å²) in [7, 11) is 0. The van der Waals surface area contributed by atoms with E-state index in [1.807, 2.05) is 53.6 Å². The molecule has 0 N–H and O–H groups in total. The Labute approximate surface area is 185 Å². The zero-order valence-corrected chi connectivity index (χ0v) is 18.1. The third-order valence-electron chi connectivity index (χ3n) is 6.18. The molecule has 2 fully saturated rings. The van der Waals surface area contributed by atoms with Gasteiger partial charge in [-0.3, -0.25) is 4.84 Å². The highest BCUT2D eigenvalue weighted by atomic mass is 16.7. The van der Waals surface area contributed by atoms with Crippen molar-refractivity contribution in [2.24, 2.45) is 5.92 Å². The number of benzene rings is 2. The highest BCUT2D eigenvalue weighted by Crippen LogP contribution is 2.42. The minimum Gasteiger partial charge on any atom is -0.353 e. The minimum absolute atomic E-state index is 0.0163. The Bertz CT molecular complexity index is 779. The van der Waals surface area contributed by atoms with Gasteiger partial charge < -0.3 is 14.3 Å². The topological polar surface area (TPSA) is 48.0 Å². The van der Waals surface area contributed by atoms with E-state index < -0.39 is 0 Å². The summed E-state index contributed by atoms with van der Waals surface area (Å²) in [5, 5.41) is 1.94. The summed E-state index contributed by atoms with van der Waals surface area (Å²) in [6.45, 7) is 1.63. The Morgan fingerprint density at radius 3 is 2.16 bits per heavy atom. The van der Waals surface area contributed by atoms with Crippen LogP contribution in [0.5, 0.6) is 0 Å². The van der Waals surface area contributed by atoms with Gasteiger partial charge in [-0.2, -0.15) is 0 Å². The number of hydrogen-bond donors (Lipinski definition) is 0. The average molecular weight is 424 g/mol. The van der Waals surface area contributed by atoms with Crippen LogP contribution >= 0.6 is 0 Å². The van der Waals surface area contributed by atoms with E-state index in [0.29, 0.717) is 0 Å². The van der Waals surface area contributed by atoms with Crippen molar-refractivity contribution >= 4 is 12.0 Å². The van der Waals surface area contributed by atoms with Crippen LogP contribution in [0.2, 0.25) is 0 Å². The molecule has 2 saturated heterocycles. The van der Waals surface area contributed by atoms with Crippen LogP contribution in [-0.2, 0) is 19.1 Å². The van der Waals surface area contributed by atoms with Gasteiger partial charge in [0.25, 0.3) is 0 Å². The molecule has 3 atom stereocenters. The first kappa shape index (κ1) is 22.0. The fourth-order valence-corrected chi connectivity index (χ4v) is 4.57. The number of anilines is 1. The van der Waals surface area contributed by atoms with E-state index in [2.05, 4.69) is 12.1 Å². The van der Waals surface area contributed by atoms with Crippen molar-refractivity contribution in [3.63, 3.8) is 0 Å². The second kappa shape index (κ2) is 11.4. The maximum atomic E-state index is 12.2. The number of carbonyl (C=O) groups is 1. The molecule has 2 aliphatic rings. The molecule has 2 aliphatic heterocycles. The molecule has 2 heterocycles. The molecule has 2 aromatic carbocycles. The van der Waals surface area contributed by atoms with E-state index in [1.165, 1.54) is 0 Å². The van der Waals surface area contributed by atoms with Crippen LogP contribution in [0.1, 0.15) is 56.6 Å². The highest BCUT2D eigenvalue weighted by molar-refractivity contribution is 5.61. The summed E-state index contributed by atoms with van der Waals surface area (Å²) in [5.41, 5.74) is 2.09. The fourth-order valence-electron chi connectivity index (χ4n) is 4.57. The molecule has 0 unspecified atom stereocenters. The first-order valence-electron chi connectivity index (χ1n) is 11.6. The SMILES string of the molecule is O=C[C@H]1[C@@H](c2ccccc2)N(c2ccccc2)O[C@@H]1CCCCCCC1OCCCO1. The van der Waals surface area contributed by atoms with E-state index >= 15 is 0 Å². The van der Waals surface area contributed by atoms with Gasteiger partial charge in [-0.25, -0.2) is 5.06 Å². The standard InChI is InChI=1S/C26H33NO4/c28-20-23-24(16-9-1-2-10-17-25-29-18-11-19-30-25)31-27(22-14-7-4-8-15-22)26(23)21-12-5-3-6-13-21/h3-8,12-15,20,23-26H,1-2,9-11,16-19H2/t23-,24-,26-/m1/s1. The van der Waals surface area contributed by atoms with Crippen LogP contribution in [0, 0.1) is 5.92 Å². The number of hydroxylamine groups is 1. The van der Waals surface area contributed by atoms with E-state index in [1.54, 1.807) is 0 Å². The Hall–Kier alpha value is -2.21. The summed E-state index contributed by atoms with van der Waals surface area (Å²) in [6.07, 6.45) is 8.24. The van der Waals surface area contributed by atoms with E-state index in [-0.39, 0.29) is 24.4 Å². The number of hydrogen-bond acceptors (Lipinski definition) is 5. The number of unbranched alkanes of at least 4 members (excludes halogenated alkanes) is 3. The smallest absolute Gasteiger partial charge is 0.157 e. The number of carbonyl (C=O) groups excluding carboxylic acids is 1. The number of nitrogens with zero attached hydrogens (tertiary/aromatic N) is 1. The average Bonchev–Trinajstić information content (AvgIpc) is 3.21. The number of rotatable bonds is 10. The second-order valence-corrected chi connectivity index (χ2v) is 8.39. The maximum Gasteiger partial charge on any atom is 0.157 e. The zero-order chi connectivity index (χ0) is 21.3. The van der Waals surface area contributed by atoms with Crippen molar-refractivity contribution in [1.82, 2.24) is 0 Å². The highest BCUT2D eigenvalue weighted by Gasteiger charge is 2.44. The van der Waals surface area contributed by atoms with Crippen molar-refractivity contribution < 1.29 is 19.1 Å². The van der Waals surface area contributed by atoms with Crippen LogP contribution in [0.4, 0.5) is 5.69 Å². The van der Waals surface area contributed by atoms with Crippen molar-refractivity contribution in [3.05, 3.63) is 66.2 Å². The molecule has 0 radical (unpaired) electrons. The van der Waals surface area contributed by atoms with Crippen molar-refractivity contribution in [2.45, 2.75) is 63.4 Å². The van der Waals surface area contributed by atoms with Gasteiger partial charge in [-0.15, -0.1) is 0 Å². The lowest BCUT2D eigenvalue weighted by molar-refractivity contribution is -0.181. The molecular weight excluding hydrogens is 390 g/mol. The quantitative estimate of drug-likeness (QED) is 0.375. The van der Waals surface area contributed by atoms with Gasteiger partial charge in [0, 0.05) is 0 Å². The van der Waals surface area contributed by atoms with E-state index in [0.717, 1.165) is 75.7 Å². The first-order chi connectivity index (χ1) is 15.4. The molecule has 31 heavy (non-hydrogen) atoms. The lowest BCUT2D eigenvalue weighted by Crippen LogP contribution is -2.25. The Balaban J connectivity index is 1.33. The Kier molecular flexibility index (Phi) is 8.11. The molecule has 0 aromatic heterocycles. The zero-order valence-electron chi connectivity index (χ0n) is 18.1. The molecule has 5 heteroatoms. The van der Waals surface area contributed by atoms with Gasteiger partial charge in [0.05, 0.1) is 37.0 Å². The minimum atomic E-state index is -0.188. The monoisotopic (exact) mass is 423 g/mol. The largest absolute Gasteiger partial charge is 0.353 e. The molecule has 0 spiro atoms. The normalized spacial score (nSPS) is 24.4. The summed E-state index contributed by atoms with van der Waals surface area (Å²) >= 11 is 0. The molecule has 166 valence electrons. The molecule has 0 saturated carbocycles. The third-order valence-corrected chi connectivity index (χ3v) is 6.18. The molecular formula is C26H33NO4. The maximum absolute atomic E-state index is 12.2. The molecule has 0 aliphatic carbocycles. The van der Waals surface area contributed by atoms with Crippen LogP contribution in [0.25, 0.3) is 0 Å². The molecule has 4 rings (SSSR count). The lowest BCUT2D eigenvalue weighted by atomic mass is 9.88. The summed E-state index contributed by atoms with van der Waals surface area (Å²) in [4.78, 5) is 18.5. The van der Waals surface area contributed by atoms with Crippen LogP contribution in [0.15, 0.2) is 60.7 Å². The van der Waals surface area contributed by atoms with E-state index in [4.69, 9.17) is 14.3 Å². The van der Waals surface area contributed by atoms with Crippen LogP contribution in [-0.4, -0.2) is 31.9 Å². The molecule has 2 aromatic rings.